The van der Waals surface area contributed by atoms with Gasteiger partial charge in [-0.05, 0) is 25.5 Å². The van der Waals surface area contributed by atoms with Crippen LogP contribution in [-0.2, 0) is 10.0 Å². The van der Waals surface area contributed by atoms with Crippen molar-refractivity contribution >= 4 is 79.0 Å². The summed E-state index contributed by atoms with van der Waals surface area (Å²) in [5.41, 5.74) is -0.0173. The average Bonchev–Trinajstić information content (AvgIpc) is 2.36. The number of sulfonamides is 1. The number of hydrogen-bond donors (Lipinski definition) is 2. The van der Waals surface area contributed by atoms with E-state index < -0.39 is 16.0 Å². The number of aromatic nitrogens is 1. The average molecular weight is 341 g/mol. The van der Waals surface area contributed by atoms with Crippen LogP contribution in [-0.4, -0.2) is 95.2 Å². The van der Waals surface area contributed by atoms with Gasteiger partial charge < -0.3 is 10.4 Å². The molecule has 1 heterocycles. The van der Waals surface area contributed by atoms with Gasteiger partial charge in [0.2, 0.25) is 10.0 Å². The van der Waals surface area contributed by atoms with E-state index in [1.54, 1.807) is 0 Å². The van der Waals surface area contributed by atoms with E-state index in [1.807, 2.05) is 13.8 Å². The first-order valence-electron chi connectivity index (χ1n) is 6.11. The van der Waals surface area contributed by atoms with Crippen LogP contribution in [0.1, 0.15) is 30.6 Å². The van der Waals surface area contributed by atoms with E-state index in [0.29, 0.717) is 5.82 Å². The molecule has 0 aliphatic carbocycles. The van der Waals surface area contributed by atoms with Gasteiger partial charge in [-0.2, -0.15) is 0 Å². The van der Waals surface area contributed by atoms with E-state index in [2.05, 4.69) is 10.3 Å². The maximum atomic E-state index is 11.5. The number of hydrogen-bond acceptors (Lipinski definition) is 5. The van der Waals surface area contributed by atoms with E-state index in [9.17, 15) is 13.2 Å². The van der Waals surface area contributed by atoms with Gasteiger partial charge in [0, 0.05) is 13.1 Å². The van der Waals surface area contributed by atoms with Gasteiger partial charge in [0.1, 0.15) is 11.6 Å². The summed E-state index contributed by atoms with van der Waals surface area (Å²) >= 11 is 0. The molecule has 0 spiro atoms. The molecule has 1 atom stereocenters. The molecule has 0 radical (unpaired) electrons. The molecule has 0 saturated heterocycles. The number of carbonyl (C=O) groups is 1. The molecule has 7 nitrogen and oxygen atoms in total. The molecule has 0 aliphatic heterocycles. The molecule has 0 unspecified atom stereocenters. The number of carboxylic acid groups (broad SMARTS) is 1. The third-order valence-corrected chi connectivity index (χ3v) is 4.07. The Hall–Kier alpha value is -0.194. The number of pyridine rings is 1. The molecule has 9 heteroatoms. The zero-order valence-electron chi connectivity index (χ0n) is 11.9. The molecule has 1 aromatic rings. The number of aromatic carboxylic acids is 1. The molecule has 114 valence electrons. The summed E-state index contributed by atoms with van der Waals surface area (Å²) in [7, 11) is -2.17. The SMILES string of the molecule is CC[C@H](C)Nc1cc(C(=O)O)cc(N(C)S(C)(=O)=O)n1.[KH]. The van der Waals surface area contributed by atoms with Crippen molar-refractivity contribution in [1.29, 1.82) is 0 Å². The fourth-order valence-corrected chi connectivity index (χ4v) is 1.83. The van der Waals surface area contributed by atoms with Crippen LogP contribution in [0.25, 0.3) is 0 Å². The van der Waals surface area contributed by atoms with Gasteiger partial charge >= 0.3 is 57.4 Å². The first-order chi connectivity index (χ1) is 9.15. The second-order valence-corrected chi connectivity index (χ2v) is 6.60. The van der Waals surface area contributed by atoms with Gasteiger partial charge in [-0.15, -0.1) is 0 Å². The zero-order valence-corrected chi connectivity index (χ0v) is 12.7. The Bertz CT molecular complexity index is 607. The van der Waals surface area contributed by atoms with Crippen molar-refractivity contribution in [1.82, 2.24) is 4.98 Å². The van der Waals surface area contributed by atoms with Crippen molar-refractivity contribution in [2.24, 2.45) is 0 Å². The minimum absolute atomic E-state index is 0. The summed E-state index contributed by atoms with van der Waals surface area (Å²) < 4.78 is 24.0. The first-order valence-corrected chi connectivity index (χ1v) is 7.95. The van der Waals surface area contributed by atoms with Crippen LogP contribution in [0.3, 0.4) is 0 Å². The molecule has 0 amide bonds. The van der Waals surface area contributed by atoms with E-state index in [0.717, 1.165) is 17.0 Å². The van der Waals surface area contributed by atoms with Gasteiger partial charge in [-0.3, -0.25) is 4.31 Å². The number of anilines is 2. The van der Waals surface area contributed by atoms with Crippen molar-refractivity contribution in [2.45, 2.75) is 26.3 Å². The molecular formula is C12H20KN3O4S. The Kier molecular flexibility index (Phi) is 8.36. The third kappa shape index (κ3) is 6.21. The number of nitrogens with one attached hydrogen (secondary N) is 1. The van der Waals surface area contributed by atoms with E-state index in [4.69, 9.17) is 5.11 Å². The van der Waals surface area contributed by atoms with Crippen LogP contribution in [0.5, 0.6) is 0 Å². The van der Waals surface area contributed by atoms with Crippen molar-refractivity contribution in [3.8, 4) is 0 Å². The quantitative estimate of drug-likeness (QED) is 0.740. The summed E-state index contributed by atoms with van der Waals surface area (Å²) in [5, 5.41) is 12.1. The van der Waals surface area contributed by atoms with Crippen LogP contribution < -0.4 is 9.62 Å². The number of carboxylic acids is 1. The third-order valence-electron chi connectivity index (χ3n) is 2.89. The summed E-state index contributed by atoms with van der Waals surface area (Å²) in [6, 6.07) is 2.71. The fourth-order valence-electron chi connectivity index (χ4n) is 1.40. The summed E-state index contributed by atoms with van der Waals surface area (Å²) in [6.45, 7) is 3.90. The Morgan fingerprint density at radius 3 is 2.48 bits per heavy atom. The van der Waals surface area contributed by atoms with Gasteiger partial charge in [0.15, 0.2) is 0 Å². The summed E-state index contributed by atoms with van der Waals surface area (Å²) in [6.07, 6.45) is 1.86. The van der Waals surface area contributed by atoms with E-state index >= 15 is 0 Å². The van der Waals surface area contributed by atoms with Crippen molar-refractivity contribution in [3.05, 3.63) is 17.7 Å². The molecule has 0 fully saturated rings. The second-order valence-electron chi connectivity index (χ2n) is 4.59. The van der Waals surface area contributed by atoms with Crippen molar-refractivity contribution in [3.63, 3.8) is 0 Å². The van der Waals surface area contributed by atoms with E-state index in [1.165, 1.54) is 19.2 Å². The number of nitrogens with zero attached hydrogens (tertiary/aromatic N) is 2. The monoisotopic (exact) mass is 341 g/mol. The number of rotatable bonds is 6. The maximum absolute atomic E-state index is 11.5. The van der Waals surface area contributed by atoms with Crippen LogP contribution in [0.2, 0.25) is 0 Å². The Morgan fingerprint density at radius 1 is 1.48 bits per heavy atom. The second kappa shape index (κ2) is 8.44. The summed E-state index contributed by atoms with van der Waals surface area (Å²) in [5.74, 6) is -0.731. The Morgan fingerprint density at radius 2 is 2.05 bits per heavy atom. The molecule has 1 aromatic heterocycles. The van der Waals surface area contributed by atoms with E-state index in [-0.39, 0.29) is 68.8 Å². The molecule has 0 bridgehead atoms. The zero-order chi connectivity index (χ0) is 15.5. The molecule has 21 heavy (non-hydrogen) atoms. The molecule has 0 saturated carbocycles. The molecule has 2 N–H and O–H groups in total. The standard InChI is InChI=1S/C12H19N3O4S.K.H/c1-5-8(2)13-10-6-9(12(16)17)7-11(14-10)15(3)20(4,18)19;;/h6-8H,5H2,1-4H3,(H,13,14)(H,16,17);;/t8-;;/m0../s1. The predicted molar refractivity (Wildman–Crippen MR) is 85.0 cm³/mol. The predicted octanol–water partition coefficient (Wildman–Crippen LogP) is 0.737. The van der Waals surface area contributed by atoms with Crippen LogP contribution in [0.15, 0.2) is 12.1 Å². The fraction of sp³-hybridized carbons (Fsp3) is 0.500. The van der Waals surface area contributed by atoms with Gasteiger partial charge in [0.25, 0.3) is 0 Å². The van der Waals surface area contributed by atoms with Crippen molar-refractivity contribution in [2.75, 3.05) is 22.9 Å². The van der Waals surface area contributed by atoms with Gasteiger partial charge in [-0.1, -0.05) is 6.92 Å². The van der Waals surface area contributed by atoms with Crippen LogP contribution >= 0.6 is 0 Å². The first kappa shape index (κ1) is 20.8. The Balaban J connectivity index is 0.00000400. The van der Waals surface area contributed by atoms with Crippen LogP contribution in [0, 0.1) is 0 Å². The molecule has 1 rings (SSSR count). The molecule has 0 aromatic carbocycles. The van der Waals surface area contributed by atoms with Crippen LogP contribution in [0.4, 0.5) is 11.6 Å². The Labute approximate surface area is 167 Å². The molecular weight excluding hydrogens is 321 g/mol. The normalized spacial score (nSPS) is 12.2. The molecule has 0 aliphatic rings. The van der Waals surface area contributed by atoms with Gasteiger partial charge in [-0.25, -0.2) is 18.2 Å². The topological polar surface area (TPSA) is 99.6 Å². The van der Waals surface area contributed by atoms with Crippen molar-refractivity contribution < 1.29 is 18.3 Å². The summed E-state index contributed by atoms with van der Waals surface area (Å²) in [4.78, 5) is 15.3. The van der Waals surface area contributed by atoms with Gasteiger partial charge in [0.05, 0.1) is 11.8 Å². The minimum atomic E-state index is -3.50.